The van der Waals surface area contributed by atoms with Gasteiger partial charge in [0.05, 0.1) is 11.8 Å². The Morgan fingerprint density at radius 1 is 1.48 bits per heavy atom. The van der Waals surface area contributed by atoms with Gasteiger partial charge in [0.25, 0.3) is 0 Å². The molecule has 1 aliphatic heterocycles. The molecule has 2 aromatic rings. The molecule has 0 spiro atoms. The highest BCUT2D eigenvalue weighted by atomic mass is 19.1. The Bertz CT molecular complexity index is 822. The van der Waals surface area contributed by atoms with Crippen molar-refractivity contribution in [2.75, 3.05) is 13.1 Å². The minimum atomic E-state index is -1.16. The molecule has 1 fully saturated rings. The van der Waals surface area contributed by atoms with Gasteiger partial charge in [0.15, 0.2) is 0 Å². The Labute approximate surface area is 157 Å². The summed E-state index contributed by atoms with van der Waals surface area (Å²) in [6.07, 6.45) is 0.656. The molecule has 2 atom stereocenters. The maximum atomic E-state index is 13.4. The van der Waals surface area contributed by atoms with Crippen LogP contribution in [0.25, 0.3) is 11.5 Å². The zero-order valence-electron chi connectivity index (χ0n) is 15.6. The quantitative estimate of drug-likeness (QED) is 0.805. The Hall–Kier alpha value is -2.25. The van der Waals surface area contributed by atoms with Gasteiger partial charge in [0.1, 0.15) is 17.0 Å². The molecule has 146 valence electrons. The zero-order valence-corrected chi connectivity index (χ0v) is 15.6. The number of carboxylic acid groups (broad SMARTS) is 1. The largest absolute Gasteiger partial charge is 0.481 e. The average molecular weight is 376 g/mol. The van der Waals surface area contributed by atoms with Crippen molar-refractivity contribution < 1.29 is 23.8 Å². The minimum Gasteiger partial charge on any atom is -0.481 e. The number of aliphatic hydroxyl groups excluding tert-OH is 1. The van der Waals surface area contributed by atoms with E-state index in [2.05, 4.69) is 4.98 Å². The monoisotopic (exact) mass is 376 g/mol. The second-order valence-electron chi connectivity index (χ2n) is 7.26. The molecule has 3 rings (SSSR count). The molecule has 0 bridgehead atoms. The van der Waals surface area contributed by atoms with Gasteiger partial charge in [-0.1, -0.05) is 19.4 Å². The topological polar surface area (TPSA) is 86.8 Å². The number of oxazole rings is 1. The van der Waals surface area contributed by atoms with Crippen LogP contribution in [0.15, 0.2) is 28.7 Å². The van der Waals surface area contributed by atoms with Crippen LogP contribution in [0, 0.1) is 18.2 Å². The third-order valence-electron chi connectivity index (χ3n) is 5.32. The molecule has 1 aromatic heterocycles. The Morgan fingerprint density at radius 3 is 2.93 bits per heavy atom. The van der Waals surface area contributed by atoms with E-state index >= 15 is 0 Å². The maximum Gasteiger partial charge on any atom is 0.313 e. The first-order valence-electron chi connectivity index (χ1n) is 9.22. The number of aliphatic hydroxyl groups is 1. The van der Waals surface area contributed by atoms with Crippen molar-refractivity contribution in [2.24, 2.45) is 5.41 Å². The number of carboxylic acids is 1. The van der Waals surface area contributed by atoms with Gasteiger partial charge >= 0.3 is 5.97 Å². The molecule has 1 aliphatic rings. The van der Waals surface area contributed by atoms with Gasteiger partial charge in [-0.15, -0.1) is 0 Å². The Morgan fingerprint density at radius 2 is 2.26 bits per heavy atom. The molecular formula is C20H25FN2O4. The number of aromatic nitrogens is 1. The average Bonchev–Trinajstić information content (AvgIpc) is 2.98. The number of carbonyl (C=O) groups is 1. The van der Waals surface area contributed by atoms with Gasteiger partial charge in [-0.05, 0) is 38.0 Å². The SMILES string of the molecule is CCC[C@@]1(C(=O)O)CN(Cc2nc(-c3cccc(F)c3)oc2C)CC[C@H]1O. The standard InChI is InChI=1S/C20H25FN2O4/c1-3-8-20(19(25)26)12-23(9-7-17(20)24)11-16-13(2)27-18(22-16)14-5-4-6-15(21)10-14/h4-6,10,17,24H,3,7-9,11-12H2,1-2H3,(H,25,26)/t17-,20-/m1/s1. The van der Waals surface area contributed by atoms with E-state index in [1.54, 1.807) is 19.1 Å². The molecule has 0 aliphatic carbocycles. The summed E-state index contributed by atoms with van der Waals surface area (Å²) in [7, 11) is 0. The number of likely N-dealkylation sites (tertiary alicyclic amines) is 1. The number of rotatable bonds is 6. The predicted octanol–water partition coefficient (Wildman–Crippen LogP) is 3.23. The Kier molecular flexibility index (Phi) is 5.62. The lowest BCUT2D eigenvalue weighted by Crippen LogP contribution is -2.55. The summed E-state index contributed by atoms with van der Waals surface area (Å²) in [4.78, 5) is 18.4. The van der Waals surface area contributed by atoms with Gasteiger partial charge in [-0.2, -0.15) is 0 Å². The summed E-state index contributed by atoms with van der Waals surface area (Å²) in [5, 5.41) is 20.1. The molecule has 0 unspecified atom stereocenters. The normalized spacial score (nSPS) is 23.5. The van der Waals surface area contributed by atoms with Gasteiger partial charge in [-0.3, -0.25) is 9.69 Å². The van der Waals surface area contributed by atoms with E-state index in [4.69, 9.17) is 4.42 Å². The van der Waals surface area contributed by atoms with E-state index in [1.165, 1.54) is 12.1 Å². The number of aliphatic carboxylic acids is 1. The molecule has 1 aromatic carbocycles. The summed E-state index contributed by atoms with van der Waals surface area (Å²) >= 11 is 0. The second kappa shape index (κ2) is 7.78. The van der Waals surface area contributed by atoms with E-state index < -0.39 is 17.5 Å². The molecule has 1 saturated heterocycles. The van der Waals surface area contributed by atoms with Crippen LogP contribution in [0.3, 0.4) is 0 Å². The first kappa shape index (κ1) is 19.5. The van der Waals surface area contributed by atoms with Gasteiger partial charge < -0.3 is 14.6 Å². The predicted molar refractivity (Wildman–Crippen MR) is 97.5 cm³/mol. The lowest BCUT2D eigenvalue weighted by atomic mass is 9.74. The summed E-state index contributed by atoms with van der Waals surface area (Å²) in [5.74, 6) is -0.353. The third kappa shape index (κ3) is 3.89. The number of halogens is 1. The van der Waals surface area contributed by atoms with Crippen molar-refractivity contribution in [1.82, 2.24) is 9.88 Å². The van der Waals surface area contributed by atoms with Crippen molar-refractivity contribution in [1.29, 1.82) is 0 Å². The van der Waals surface area contributed by atoms with Crippen molar-refractivity contribution in [3.05, 3.63) is 41.5 Å². The maximum absolute atomic E-state index is 13.4. The Balaban J connectivity index is 1.80. The first-order valence-corrected chi connectivity index (χ1v) is 9.22. The lowest BCUT2D eigenvalue weighted by molar-refractivity contribution is -0.164. The lowest BCUT2D eigenvalue weighted by Gasteiger charge is -2.43. The van der Waals surface area contributed by atoms with Crippen LogP contribution in [0.4, 0.5) is 4.39 Å². The van der Waals surface area contributed by atoms with Crippen LogP contribution < -0.4 is 0 Å². The fourth-order valence-electron chi connectivity index (χ4n) is 3.84. The summed E-state index contributed by atoms with van der Waals surface area (Å²) in [6.45, 7) is 4.99. The molecule has 0 saturated carbocycles. The highest BCUT2D eigenvalue weighted by molar-refractivity contribution is 5.76. The minimum absolute atomic E-state index is 0.263. The fourth-order valence-corrected chi connectivity index (χ4v) is 3.84. The van der Waals surface area contributed by atoms with Crippen LogP contribution in [-0.4, -0.2) is 45.3 Å². The van der Waals surface area contributed by atoms with Crippen LogP contribution >= 0.6 is 0 Å². The van der Waals surface area contributed by atoms with Gasteiger partial charge in [0, 0.05) is 25.2 Å². The van der Waals surface area contributed by atoms with Crippen LogP contribution in [0.5, 0.6) is 0 Å². The molecule has 6 nitrogen and oxygen atoms in total. The van der Waals surface area contributed by atoms with Crippen molar-refractivity contribution in [3.63, 3.8) is 0 Å². The summed E-state index contributed by atoms with van der Waals surface area (Å²) < 4.78 is 19.1. The van der Waals surface area contributed by atoms with Crippen molar-refractivity contribution >= 4 is 5.97 Å². The fraction of sp³-hybridized carbons (Fsp3) is 0.500. The smallest absolute Gasteiger partial charge is 0.313 e. The molecule has 0 radical (unpaired) electrons. The third-order valence-corrected chi connectivity index (χ3v) is 5.32. The van der Waals surface area contributed by atoms with Crippen molar-refractivity contribution in [3.8, 4) is 11.5 Å². The number of nitrogens with zero attached hydrogens (tertiary/aromatic N) is 2. The number of piperidine rings is 1. The second-order valence-corrected chi connectivity index (χ2v) is 7.26. The van der Waals surface area contributed by atoms with E-state index in [1.807, 2.05) is 11.8 Å². The van der Waals surface area contributed by atoms with E-state index in [9.17, 15) is 19.4 Å². The van der Waals surface area contributed by atoms with E-state index in [-0.39, 0.29) is 12.4 Å². The number of aryl methyl sites for hydroxylation is 1. The molecular weight excluding hydrogens is 351 g/mol. The number of hydrogen-bond acceptors (Lipinski definition) is 5. The summed E-state index contributed by atoms with van der Waals surface area (Å²) in [6, 6.07) is 6.05. The van der Waals surface area contributed by atoms with Crippen LogP contribution in [-0.2, 0) is 11.3 Å². The molecule has 2 N–H and O–H groups in total. The highest BCUT2D eigenvalue weighted by Gasteiger charge is 2.48. The molecule has 27 heavy (non-hydrogen) atoms. The van der Waals surface area contributed by atoms with Crippen LogP contribution in [0.2, 0.25) is 0 Å². The van der Waals surface area contributed by atoms with E-state index in [0.717, 1.165) is 0 Å². The van der Waals surface area contributed by atoms with E-state index in [0.29, 0.717) is 55.3 Å². The van der Waals surface area contributed by atoms with Gasteiger partial charge in [0.2, 0.25) is 5.89 Å². The van der Waals surface area contributed by atoms with Crippen molar-refractivity contribution in [2.45, 2.75) is 45.8 Å². The summed E-state index contributed by atoms with van der Waals surface area (Å²) in [5.41, 5.74) is 0.0986. The molecule has 2 heterocycles. The zero-order chi connectivity index (χ0) is 19.6. The highest BCUT2D eigenvalue weighted by Crippen LogP contribution is 2.36. The van der Waals surface area contributed by atoms with Crippen LogP contribution in [0.1, 0.15) is 37.6 Å². The molecule has 0 amide bonds. The van der Waals surface area contributed by atoms with Gasteiger partial charge in [-0.25, -0.2) is 9.37 Å². The number of benzene rings is 1. The first-order chi connectivity index (χ1) is 12.9. The molecule has 7 heteroatoms. The number of hydrogen-bond donors (Lipinski definition) is 2.